The number of rotatable bonds is 5. The molecule has 0 spiro atoms. The average Bonchev–Trinajstić information content (AvgIpc) is 2.57. The van der Waals surface area contributed by atoms with Crippen LogP contribution in [-0.4, -0.2) is 17.6 Å². The zero-order valence-electron chi connectivity index (χ0n) is 13.8. The molecule has 0 bridgehead atoms. The van der Waals surface area contributed by atoms with Crippen LogP contribution in [0, 0.1) is 0 Å². The first-order chi connectivity index (χ1) is 11.9. The predicted molar refractivity (Wildman–Crippen MR) is 91.2 cm³/mol. The molecule has 0 saturated heterocycles. The van der Waals surface area contributed by atoms with Crippen LogP contribution in [0.3, 0.4) is 0 Å². The lowest BCUT2D eigenvalue weighted by molar-refractivity contribution is -0.137. The van der Waals surface area contributed by atoms with Crippen LogP contribution in [-0.2, 0) is 19.3 Å². The van der Waals surface area contributed by atoms with Crippen molar-refractivity contribution in [3.8, 4) is 5.75 Å². The van der Waals surface area contributed by atoms with Gasteiger partial charge < -0.3 is 15.7 Å². The van der Waals surface area contributed by atoms with E-state index in [2.05, 4.69) is 15.6 Å². The van der Waals surface area contributed by atoms with Gasteiger partial charge in [-0.3, -0.25) is 0 Å². The van der Waals surface area contributed by atoms with Gasteiger partial charge in [0.05, 0.1) is 12.1 Å². The number of nitrogens with one attached hydrogen (secondary N) is 2. The fraction of sp³-hybridized carbons (Fsp3) is 0.278. The summed E-state index contributed by atoms with van der Waals surface area (Å²) in [4.78, 5) is 4.40. The monoisotopic (exact) mass is 351 g/mol. The Morgan fingerprint density at radius 3 is 2.36 bits per heavy atom. The fourth-order valence-corrected chi connectivity index (χ4v) is 2.16. The molecule has 2 aromatic rings. The van der Waals surface area contributed by atoms with E-state index in [1.807, 2.05) is 13.0 Å². The summed E-state index contributed by atoms with van der Waals surface area (Å²) in [6.45, 7) is 3.29. The molecule has 25 heavy (non-hydrogen) atoms. The third-order valence-corrected chi connectivity index (χ3v) is 3.42. The molecule has 0 fully saturated rings. The number of phenolic OH excluding ortho intramolecular Hbond substituents is 1. The van der Waals surface area contributed by atoms with E-state index < -0.39 is 11.7 Å². The van der Waals surface area contributed by atoms with Gasteiger partial charge in [0.25, 0.3) is 0 Å². The highest BCUT2D eigenvalue weighted by atomic mass is 19.4. The van der Waals surface area contributed by atoms with Gasteiger partial charge >= 0.3 is 6.18 Å². The molecule has 3 N–H and O–H groups in total. The fourth-order valence-electron chi connectivity index (χ4n) is 2.16. The van der Waals surface area contributed by atoms with Gasteiger partial charge in [-0.25, -0.2) is 4.99 Å². The summed E-state index contributed by atoms with van der Waals surface area (Å²) in [5.74, 6) is 0.723. The van der Waals surface area contributed by atoms with Gasteiger partial charge in [0, 0.05) is 13.1 Å². The first-order valence-electron chi connectivity index (χ1n) is 7.84. The Kier molecular flexibility index (Phi) is 6.27. The number of hydrogen-bond donors (Lipinski definition) is 3. The van der Waals surface area contributed by atoms with Crippen LogP contribution >= 0.6 is 0 Å². The summed E-state index contributed by atoms with van der Waals surface area (Å²) in [5, 5.41) is 15.6. The topological polar surface area (TPSA) is 56.7 Å². The number of guanidine groups is 1. The molecule has 0 aliphatic carbocycles. The molecular weight excluding hydrogens is 331 g/mol. The molecule has 0 saturated carbocycles. The van der Waals surface area contributed by atoms with Crippen LogP contribution in [0.25, 0.3) is 0 Å². The molecule has 0 aromatic heterocycles. The quantitative estimate of drug-likeness (QED) is 0.569. The van der Waals surface area contributed by atoms with Gasteiger partial charge in [-0.1, -0.05) is 24.3 Å². The van der Waals surface area contributed by atoms with E-state index in [1.54, 1.807) is 18.2 Å². The molecule has 0 aliphatic heterocycles. The number of aliphatic imine (C=N–C) groups is 1. The number of aromatic hydroxyl groups is 1. The molecule has 0 unspecified atom stereocenters. The first-order valence-corrected chi connectivity index (χ1v) is 7.84. The number of benzene rings is 2. The molecule has 0 amide bonds. The van der Waals surface area contributed by atoms with E-state index in [4.69, 9.17) is 0 Å². The number of halogens is 3. The van der Waals surface area contributed by atoms with Crippen molar-refractivity contribution in [2.75, 3.05) is 6.54 Å². The van der Waals surface area contributed by atoms with Crippen LogP contribution in [0.5, 0.6) is 5.75 Å². The Morgan fingerprint density at radius 1 is 1.04 bits per heavy atom. The molecule has 0 radical (unpaired) electrons. The smallest absolute Gasteiger partial charge is 0.416 e. The van der Waals surface area contributed by atoms with E-state index in [0.29, 0.717) is 25.6 Å². The van der Waals surface area contributed by atoms with Crippen LogP contribution in [0.1, 0.15) is 23.6 Å². The minimum absolute atomic E-state index is 0.176. The van der Waals surface area contributed by atoms with Gasteiger partial charge in [-0.2, -0.15) is 13.2 Å². The van der Waals surface area contributed by atoms with Crippen molar-refractivity contribution in [1.29, 1.82) is 0 Å². The Labute approximate surface area is 144 Å². The van der Waals surface area contributed by atoms with Gasteiger partial charge in [-0.05, 0) is 42.3 Å². The van der Waals surface area contributed by atoms with Crippen LogP contribution in [0.15, 0.2) is 53.5 Å². The Morgan fingerprint density at radius 2 is 1.76 bits per heavy atom. The van der Waals surface area contributed by atoms with Gasteiger partial charge in [0.2, 0.25) is 0 Å². The van der Waals surface area contributed by atoms with Crippen molar-refractivity contribution in [1.82, 2.24) is 10.6 Å². The lowest BCUT2D eigenvalue weighted by Gasteiger charge is -2.12. The number of alkyl halides is 3. The zero-order chi connectivity index (χ0) is 18.3. The zero-order valence-corrected chi connectivity index (χ0v) is 13.8. The Bertz CT molecular complexity index is 712. The normalized spacial score (nSPS) is 12.1. The van der Waals surface area contributed by atoms with E-state index in [9.17, 15) is 18.3 Å². The lowest BCUT2D eigenvalue weighted by Crippen LogP contribution is -2.36. The molecule has 2 rings (SSSR count). The molecule has 0 atom stereocenters. The summed E-state index contributed by atoms with van der Waals surface area (Å²) < 4.78 is 37.7. The number of nitrogens with zero attached hydrogens (tertiary/aromatic N) is 1. The third kappa shape index (κ3) is 6.02. The maximum absolute atomic E-state index is 12.6. The average molecular weight is 351 g/mol. The van der Waals surface area contributed by atoms with Crippen LogP contribution in [0.2, 0.25) is 0 Å². The predicted octanol–water partition coefficient (Wildman–Crippen LogP) is 3.67. The molecule has 4 nitrogen and oxygen atoms in total. The van der Waals surface area contributed by atoms with Crippen molar-refractivity contribution in [2.45, 2.75) is 26.2 Å². The first kappa shape index (κ1) is 18.6. The van der Waals surface area contributed by atoms with Crippen LogP contribution in [0.4, 0.5) is 13.2 Å². The molecule has 2 aromatic carbocycles. The van der Waals surface area contributed by atoms with E-state index >= 15 is 0 Å². The maximum Gasteiger partial charge on any atom is 0.416 e. The molecule has 7 heteroatoms. The highest BCUT2D eigenvalue weighted by Gasteiger charge is 2.29. The maximum atomic E-state index is 12.6. The largest absolute Gasteiger partial charge is 0.508 e. The second kappa shape index (κ2) is 8.41. The summed E-state index contributed by atoms with van der Waals surface area (Å²) >= 11 is 0. The van der Waals surface area contributed by atoms with Gasteiger partial charge in [0.15, 0.2) is 5.96 Å². The molecule has 134 valence electrons. The number of phenols is 1. The number of hydrogen-bond acceptors (Lipinski definition) is 2. The summed E-state index contributed by atoms with van der Waals surface area (Å²) in [7, 11) is 0. The second-order valence-corrected chi connectivity index (χ2v) is 5.41. The minimum Gasteiger partial charge on any atom is -0.508 e. The lowest BCUT2D eigenvalue weighted by atomic mass is 10.1. The highest BCUT2D eigenvalue weighted by Crippen LogP contribution is 2.29. The van der Waals surface area contributed by atoms with Crippen molar-refractivity contribution < 1.29 is 18.3 Å². The van der Waals surface area contributed by atoms with Gasteiger partial charge in [-0.15, -0.1) is 0 Å². The van der Waals surface area contributed by atoms with E-state index in [0.717, 1.165) is 23.3 Å². The van der Waals surface area contributed by atoms with Crippen molar-refractivity contribution >= 4 is 5.96 Å². The Hall–Kier alpha value is -2.70. The SMILES string of the molecule is CCNC(=NCc1cccc(O)c1)NCc1ccc(C(F)(F)F)cc1. The third-order valence-electron chi connectivity index (χ3n) is 3.42. The van der Waals surface area contributed by atoms with E-state index in [1.165, 1.54) is 12.1 Å². The highest BCUT2D eigenvalue weighted by molar-refractivity contribution is 5.79. The summed E-state index contributed by atoms with van der Waals surface area (Å²) in [6, 6.07) is 11.8. The van der Waals surface area contributed by atoms with Crippen molar-refractivity contribution in [2.24, 2.45) is 4.99 Å². The van der Waals surface area contributed by atoms with Crippen LogP contribution < -0.4 is 10.6 Å². The van der Waals surface area contributed by atoms with Crippen molar-refractivity contribution in [3.05, 3.63) is 65.2 Å². The summed E-state index contributed by atoms with van der Waals surface area (Å²) in [6.07, 6.45) is -4.33. The second-order valence-electron chi connectivity index (χ2n) is 5.41. The van der Waals surface area contributed by atoms with E-state index in [-0.39, 0.29) is 5.75 Å². The molecule has 0 heterocycles. The minimum atomic E-state index is -4.33. The molecule has 0 aliphatic rings. The Balaban J connectivity index is 1.98. The standard InChI is InChI=1S/C18H20F3N3O/c1-2-22-17(24-12-14-4-3-5-16(25)10-14)23-11-13-6-8-15(9-7-13)18(19,20)21/h3-10,25H,2,11-12H2,1H3,(H2,22,23,24). The van der Waals surface area contributed by atoms with Crippen molar-refractivity contribution in [3.63, 3.8) is 0 Å². The van der Waals surface area contributed by atoms with Gasteiger partial charge in [0.1, 0.15) is 5.75 Å². The summed E-state index contributed by atoms with van der Waals surface area (Å²) in [5.41, 5.74) is 0.906. The molecular formula is C18H20F3N3O.